The van der Waals surface area contributed by atoms with Crippen molar-refractivity contribution in [2.24, 2.45) is 5.41 Å². The van der Waals surface area contributed by atoms with Gasteiger partial charge >= 0.3 is 6.03 Å². The van der Waals surface area contributed by atoms with Gasteiger partial charge < -0.3 is 14.4 Å². The maximum Gasteiger partial charge on any atom is 0.327 e. The van der Waals surface area contributed by atoms with Gasteiger partial charge in [0.25, 0.3) is 5.91 Å². The smallest absolute Gasteiger partial charge is 0.327 e. The maximum absolute atomic E-state index is 12.5. The Balaban J connectivity index is 1.66. The van der Waals surface area contributed by atoms with Gasteiger partial charge in [0, 0.05) is 25.5 Å². The van der Waals surface area contributed by atoms with Crippen molar-refractivity contribution in [3.63, 3.8) is 0 Å². The van der Waals surface area contributed by atoms with E-state index in [1.165, 1.54) is 4.90 Å². The van der Waals surface area contributed by atoms with Crippen LogP contribution in [0.3, 0.4) is 0 Å². The number of benzene rings is 1. The first kappa shape index (κ1) is 16.8. The molecule has 1 aromatic carbocycles. The van der Waals surface area contributed by atoms with Crippen LogP contribution in [0.1, 0.15) is 20.3 Å². The number of carbonyl (C=O) groups is 2. The van der Waals surface area contributed by atoms with E-state index in [1.807, 2.05) is 44.2 Å². The summed E-state index contributed by atoms with van der Waals surface area (Å²) in [7, 11) is 1.58. The molecule has 0 radical (unpaired) electrons. The molecule has 2 atom stereocenters. The van der Waals surface area contributed by atoms with E-state index in [9.17, 15) is 9.59 Å². The highest BCUT2D eigenvalue weighted by Crippen LogP contribution is 2.47. The number of rotatable bonds is 6. The number of hydrogen-bond acceptors (Lipinski definition) is 4. The van der Waals surface area contributed by atoms with Crippen LogP contribution in [-0.2, 0) is 9.53 Å². The average molecular weight is 332 g/mol. The lowest BCUT2D eigenvalue weighted by Gasteiger charge is -2.53. The summed E-state index contributed by atoms with van der Waals surface area (Å²) in [5.41, 5.74) is -0.279. The van der Waals surface area contributed by atoms with E-state index in [-0.39, 0.29) is 36.0 Å². The van der Waals surface area contributed by atoms with Gasteiger partial charge in [0.1, 0.15) is 18.4 Å². The molecule has 0 N–H and O–H groups in total. The summed E-state index contributed by atoms with van der Waals surface area (Å²) in [6.07, 6.45) is 0.649. The highest BCUT2D eigenvalue weighted by molar-refractivity contribution is 6.02. The average Bonchev–Trinajstić information content (AvgIpc) is 2.84. The lowest BCUT2D eigenvalue weighted by atomic mass is 9.63. The number of urea groups is 1. The number of methoxy groups -OCH3 is 1. The van der Waals surface area contributed by atoms with E-state index in [0.29, 0.717) is 19.6 Å². The van der Waals surface area contributed by atoms with Crippen molar-refractivity contribution < 1.29 is 19.1 Å². The fourth-order valence-electron chi connectivity index (χ4n) is 3.42. The molecule has 0 aromatic heterocycles. The number of hydrogen-bond donors (Lipinski definition) is 0. The molecule has 1 saturated carbocycles. The lowest BCUT2D eigenvalue weighted by Crippen LogP contribution is -2.64. The zero-order chi connectivity index (χ0) is 17.3. The van der Waals surface area contributed by atoms with Gasteiger partial charge in [0.05, 0.1) is 12.6 Å². The number of amides is 3. The quantitative estimate of drug-likeness (QED) is 0.749. The lowest BCUT2D eigenvalue weighted by molar-refractivity contribution is -0.140. The van der Waals surface area contributed by atoms with Crippen molar-refractivity contribution in [3.05, 3.63) is 30.3 Å². The number of carbonyl (C=O) groups excluding carboxylic acids is 2. The van der Waals surface area contributed by atoms with Crippen molar-refractivity contribution in [1.29, 1.82) is 0 Å². The molecule has 6 nitrogen and oxygen atoms in total. The van der Waals surface area contributed by atoms with E-state index >= 15 is 0 Å². The summed E-state index contributed by atoms with van der Waals surface area (Å²) in [4.78, 5) is 27.8. The molecule has 1 aliphatic heterocycles. The van der Waals surface area contributed by atoms with Gasteiger partial charge in [-0.2, -0.15) is 0 Å². The SMILES string of the molecule is COCCN1CC(=O)N([C@H]2C[C@@H](Oc3ccccc3)C2(C)C)C1=O. The van der Waals surface area contributed by atoms with Gasteiger partial charge in [0.15, 0.2) is 0 Å². The predicted octanol–water partition coefficient (Wildman–Crippen LogP) is 2.14. The molecule has 0 bridgehead atoms. The Morgan fingerprint density at radius 2 is 1.92 bits per heavy atom. The Morgan fingerprint density at radius 3 is 2.54 bits per heavy atom. The fourth-order valence-corrected chi connectivity index (χ4v) is 3.42. The second-order valence-electron chi connectivity index (χ2n) is 6.95. The first-order valence-electron chi connectivity index (χ1n) is 8.26. The Bertz CT molecular complexity index is 617. The summed E-state index contributed by atoms with van der Waals surface area (Å²) in [6, 6.07) is 9.30. The second-order valence-corrected chi connectivity index (χ2v) is 6.95. The van der Waals surface area contributed by atoms with Crippen molar-refractivity contribution in [2.45, 2.75) is 32.4 Å². The van der Waals surface area contributed by atoms with Crippen LogP contribution in [0.2, 0.25) is 0 Å². The van der Waals surface area contributed by atoms with Crippen LogP contribution in [0, 0.1) is 5.41 Å². The molecule has 3 rings (SSSR count). The van der Waals surface area contributed by atoms with E-state index in [4.69, 9.17) is 9.47 Å². The Labute approximate surface area is 142 Å². The number of ether oxygens (including phenoxy) is 2. The van der Waals surface area contributed by atoms with Crippen LogP contribution in [0.4, 0.5) is 4.79 Å². The zero-order valence-corrected chi connectivity index (χ0v) is 14.4. The van der Waals surface area contributed by atoms with Crippen LogP contribution < -0.4 is 4.74 Å². The highest BCUT2D eigenvalue weighted by atomic mass is 16.5. The van der Waals surface area contributed by atoms with Gasteiger partial charge in [0.2, 0.25) is 0 Å². The first-order valence-corrected chi connectivity index (χ1v) is 8.26. The Kier molecular flexibility index (Phi) is 4.49. The maximum atomic E-state index is 12.5. The van der Waals surface area contributed by atoms with Crippen LogP contribution >= 0.6 is 0 Å². The largest absolute Gasteiger partial charge is 0.490 e. The van der Waals surface area contributed by atoms with Gasteiger partial charge in [-0.05, 0) is 12.1 Å². The Hall–Kier alpha value is -2.08. The third kappa shape index (κ3) is 2.86. The van der Waals surface area contributed by atoms with Crippen molar-refractivity contribution >= 4 is 11.9 Å². The van der Waals surface area contributed by atoms with E-state index in [2.05, 4.69) is 0 Å². The molecule has 3 amide bonds. The Morgan fingerprint density at radius 1 is 1.21 bits per heavy atom. The number of imide groups is 1. The van der Waals surface area contributed by atoms with E-state index in [1.54, 1.807) is 12.0 Å². The van der Waals surface area contributed by atoms with E-state index in [0.717, 1.165) is 5.75 Å². The minimum absolute atomic E-state index is 0.0153. The fraction of sp³-hybridized carbons (Fsp3) is 0.556. The number of para-hydroxylation sites is 1. The second kappa shape index (κ2) is 6.43. The van der Waals surface area contributed by atoms with Gasteiger partial charge in [-0.15, -0.1) is 0 Å². The predicted molar refractivity (Wildman–Crippen MR) is 88.7 cm³/mol. The molecular formula is C18H24N2O4. The monoisotopic (exact) mass is 332 g/mol. The van der Waals surface area contributed by atoms with Crippen LogP contribution in [-0.4, -0.2) is 60.7 Å². The minimum atomic E-state index is -0.279. The molecule has 0 spiro atoms. The van der Waals surface area contributed by atoms with E-state index < -0.39 is 0 Å². The summed E-state index contributed by atoms with van der Waals surface area (Å²) < 4.78 is 11.0. The van der Waals surface area contributed by atoms with Crippen LogP contribution in [0.15, 0.2) is 30.3 Å². The topological polar surface area (TPSA) is 59.1 Å². The molecule has 6 heteroatoms. The van der Waals surface area contributed by atoms with Crippen molar-refractivity contribution in [2.75, 3.05) is 26.8 Å². The van der Waals surface area contributed by atoms with Gasteiger partial charge in [-0.3, -0.25) is 9.69 Å². The van der Waals surface area contributed by atoms with Gasteiger partial charge in [-0.1, -0.05) is 32.0 Å². The summed E-state index contributed by atoms with van der Waals surface area (Å²) in [5.74, 6) is 0.683. The molecule has 1 aliphatic carbocycles. The summed E-state index contributed by atoms with van der Waals surface area (Å²) in [5, 5.41) is 0. The molecule has 1 aromatic rings. The standard InChI is InChI=1S/C18H24N2O4/c1-18(2)14(11-15(18)24-13-7-5-4-6-8-13)20-16(21)12-19(17(20)22)9-10-23-3/h4-8,14-15H,9-12H2,1-3H3/t14-,15+/m0/s1. The molecule has 24 heavy (non-hydrogen) atoms. The first-order chi connectivity index (χ1) is 11.4. The third-order valence-electron chi connectivity index (χ3n) is 5.10. The van der Waals surface area contributed by atoms with Gasteiger partial charge in [-0.25, -0.2) is 4.79 Å². The minimum Gasteiger partial charge on any atom is -0.490 e. The summed E-state index contributed by atoms with van der Waals surface area (Å²) in [6.45, 7) is 5.11. The highest BCUT2D eigenvalue weighted by Gasteiger charge is 2.57. The molecule has 0 unspecified atom stereocenters. The normalized spacial score (nSPS) is 25.8. The van der Waals surface area contributed by atoms with Crippen LogP contribution in [0.5, 0.6) is 5.75 Å². The molecule has 2 fully saturated rings. The van der Waals surface area contributed by atoms with Crippen molar-refractivity contribution in [1.82, 2.24) is 9.80 Å². The molecule has 1 saturated heterocycles. The molecule has 2 aliphatic rings. The number of nitrogens with zero attached hydrogens (tertiary/aromatic N) is 2. The van der Waals surface area contributed by atoms with Crippen LogP contribution in [0.25, 0.3) is 0 Å². The third-order valence-corrected chi connectivity index (χ3v) is 5.10. The zero-order valence-electron chi connectivity index (χ0n) is 14.4. The van der Waals surface area contributed by atoms with Crippen molar-refractivity contribution in [3.8, 4) is 5.75 Å². The molecular weight excluding hydrogens is 308 g/mol. The molecule has 130 valence electrons. The molecule has 1 heterocycles. The summed E-state index contributed by atoms with van der Waals surface area (Å²) >= 11 is 0.